The number of carboxylic acid groups (broad SMARTS) is 1. The zero-order valence-electron chi connectivity index (χ0n) is 19.9. The number of rotatable bonds is 7. The van der Waals surface area contributed by atoms with Crippen molar-refractivity contribution in [1.29, 1.82) is 0 Å². The van der Waals surface area contributed by atoms with Gasteiger partial charge in [0.15, 0.2) is 0 Å². The highest BCUT2D eigenvalue weighted by Gasteiger charge is 2.50. The van der Waals surface area contributed by atoms with Crippen LogP contribution in [0.1, 0.15) is 71.7 Å². The van der Waals surface area contributed by atoms with E-state index in [2.05, 4.69) is 5.16 Å². The molecule has 3 fully saturated rings. The van der Waals surface area contributed by atoms with Gasteiger partial charge in [0, 0.05) is 22.6 Å². The van der Waals surface area contributed by atoms with Gasteiger partial charge in [-0.2, -0.15) is 0 Å². The van der Waals surface area contributed by atoms with Crippen LogP contribution in [0.4, 0.5) is 4.39 Å². The first-order valence-corrected chi connectivity index (χ1v) is 13.3. The van der Waals surface area contributed by atoms with Gasteiger partial charge >= 0.3 is 5.97 Å². The van der Waals surface area contributed by atoms with Crippen molar-refractivity contribution in [2.24, 2.45) is 11.8 Å². The van der Waals surface area contributed by atoms with Crippen molar-refractivity contribution in [3.63, 3.8) is 0 Å². The predicted octanol–water partition coefficient (Wildman–Crippen LogP) is 6.96. The maximum Gasteiger partial charge on any atom is 0.335 e. The van der Waals surface area contributed by atoms with E-state index in [-0.39, 0.29) is 29.1 Å². The third-order valence-corrected chi connectivity index (χ3v) is 8.77. The summed E-state index contributed by atoms with van der Waals surface area (Å²) in [5.41, 5.74) is 0.877. The van der Waals surface area contributed by atoms with Crippen LogP contribution in [0.3, 0.4) is 0 Å². The van der Waals surface area contributed by atoms with E-state index in [1.165, 1.54) is 12.1 Å². The Morgan fingerprint density at radius 2 is 1.81 bits per heavy atom. The standard InChI is InChI=1S/C28H26Cl2FNO5/c29-21-2-1-3-22(30)24(21)25-19(26(37-32-25)14-4-5-14)13-36-18-8-16-11-28(35,12-17(16)9-18)20-7-6-15(27(33)34)10-23(20)31/h1-3,6-7,10,14,16-18,35H,4-5,8-9,11-13H2,(H,33,34). The maximum atomic E-state index is 14.7. The minimum Gasteiger partial charge on any atom is -0.478 e. The first kappa shape index (κ1) is 24.9. The highest BCUT2D eigenvalue weighted by molar-refractivity contribution is 6.39. The largest absolute Gasteiger partial charge is 0.478 e. The first-order valence-electron chi connectivity index (χ1n) is 12.5. The summed E-state index contributed by atoms with van der Waals surface area (Å²) in [5.74, 6) is -0.326. The van der Waals surface area contributed by atoms with Crippen molar-refractivity contribution in [3.8, 4) is 11.3 Å². The number of benzene rings is 2. The Morgan fingerprint density at radius 3 is 2.41 bits per heavy atom. The van der Waals surface area contributed by atoms with E-state index in [1.807, 2.05) is 0 Å². The fourth-order valence-electron chi connectivity index (χ4n) is 6.24. The average molecular weight is 546 g/mol. The maximum absolute atomic E-state index is 14.7. The Hall–Kier alpha value is -2.45. The van der Waals surface area contributed by atoms with E-state index in [0.717, 1.165) is 43.1 Å². The number of hydrogen-bond donors (Lipinski definition) is 2. The molecule has 6 nitrogen and oxygen atoms in total. The SMILES string of the molecule is O=C(O)c1ccc(C2(O)CC3CC(OCc4c(-c5c(Cl)cccc5Cl)noc4C4CC4)CC3C2)c(F)c1. The summed E-state index contributed by atoms with van der Waals surface area (Å²) in [6.45, 7) is 0.325. The van der Waals surface area contributed by atoms with Gasteiger partial charge in [-0.3, -0.25) is 0 Å². The minimum absolute atomic E-state index is 0.00435. The lowest BCUT2D eigenvalue weighted by Crippen LogP contribution is -2.25. The van der Waals surface area contributed by atoms with Crippen molar-refractivity contribution < 1.29 is 28.7 Å². The minimum atomic E-state index is -1.30. The normalized spacial score (nSPS) is 27.0. The van der Waals surface area contributed by atoms with Crippen molar-refractivity contribution in [2.45, 2.75) is 62.8 Å². The average Bonchev–Trinajstić information content (AvgIpc) is 3.39. The Balaban J connectivity index is 1.16. The molecule has 1 aromatic heterocycles. The van der Waals surface area contributed by atoms with E-state index < -0.39 is 17.4 Å². The molecule has 194 valence electrons. The van der Waals surface area contributed by atoms with Crippen LogP contribution in [-0.2, 0) is 16.9 Å². The fourth-order valence-corrected chi connectivity index (χ4v) is 6.81. The van der Waals surface area contributed by atoms with Crippen LogP contribution in [0, 0.1) is 17.7 Å². The zero-order chi connectivity index (χ0) is 25.9. The van der Waals surface area contributed by atoms with Crippen LogP contribution >= 0.6 is 23.2 Å². The Kier molecular flexibility index (Phi) is 6.30. The lowest BCUT2D eigenvalue weighted by atomic mass is 9.88. The zero-order valence-corrected chi connectivity index (χ0v) is 21.4. The van der Waals surface area contributed by atoms with Gasteiger partial charge in [0.2, 0.25) is 0 Å². The third-order valence-electron chi connectivity index (χ3n) is 8.14. The highest BCUT2D eigenvalue weighted by atomic mass is 35.5. The molecule has 2 aromatic carbocycles. The van der Waals surface area contributed by atoms with Crippen LogP contribution in [-0.4, -0.2) is 27.4 Å². The fraction of sp³-hybridized carbons (Fsp3) is 0.429. The number of halogens is 3. The van der Waals surface area contributed by atoms with Crippen molar-refractivity contribution >= 4 is 29.2 Å². The summed E-state index contributed by atoms with van der Waals surface area (Å²) >= 11 is 12.9. The van der Waals surface area contributed by atoms with Gasteiger partial charge in [-0.05, 0) is 74.6 Å². The Morgan fingerprint density at radius 1 is 1.14 bits per heavy atom. The van der Waals surface area contributed by atoms with Gasteiger partial charge < -0.3 is 19.5 Å². The molecule has 0 radical (unpaired) electrons. The molecule has 2 unspecified atom stereocenters. The number of aliphatic hydroxyl groups is 1. The third kappa shape index (κ3) is 4.56. The summed E-state index contributed by atoms with van der Waals surface area (Å²) in [6, 6.07) is 9.07. The molecule has 2 N–H and O–H groups in total. The van der Waals surface area contributed by atoms with Crippen molar-refractivity contribution in [1.82, 2.24) is 5.16 Å². The molecule has 0 saturated heterocycles. The molecular formula is C28H26Cl2FNO5. The lowest BCUT2D eigenvalue weighted by molar-refractivity contribution is 0.00773. The van der Waals surface area contributed by atoms with Gasteiger partial charge in [0.1, 0.15) is 17.3 Å². The number of aromatic nitrogens is 1. The molecule has 2 atom stereocenters. The lowest BCUT2D eigenvalue weighted by Gasteiger charge is -2.26. The van der Waals surface area contributed by atoms with Crippen LogP contribution < -0.4 is 0 Å². The number of hydrogen-bond acceptors (Lipinski definition) is 5. The van der Waals surface area contributed by atoms with Crippen molar-refractivity contribution in [2.75, 3.05) is 0 Å². The van der Waals surface area contributed by atoms with Crippen LogP contribution in [0.5, 0.6) is 0 Å². The molecule has 3 saturated carbocycles. The molecule has 3 aromatic rings. The molecule has 0 amide bonds. The second-order valence-corrected chi connectivity index (χ2v) is 11.4. The van der Waals surface area contributed by atoms with E-state index in [0.29, 0.717) is 46.7 Å². The number of fused-ring (bicyclic) bond motifs is 1. The van der Waals surface area contributed by atoms with Gasteiger partial charge in [-0.15, -0.1) is 0 Å². The second-order valence-electron chi connectivity index (χ2n) is 10.6. The smallest absolute Gasteiger partial charge is 0.335 e. The van der Waals surface area contributed by atoms with Gasteiger partial charge in [0.05, 0.1) is 33.9 Å². The quantitative estimate of drug-likeness (QED) is 0.333. The van der Waals surface area contributed by atoms with E-state index in [9.17, 15) is 14.3 Å². The van der Waals surface area contributed by atoms with Gasteiger partial charge in [-0.25, -0.2) is 9.18 Å². The topological polar surface area (TPSA) is 92.8 Å². The molecule has 0 bridgehead atoms. The van der Waals surface area contributed by atoms with Gasteiger partial charge in [-0.1, -0.05) is 40.5 Å². The second kappa shape index (κ2) is 9.38. The van der Waals surface area contributed by atoms with E-state index >= 15 is 0 Å². The molecular weight excluding hydrogens is 520 g/mol. The molecule has 0 spiro atoms. The Labute approximate surface area is 223 Å². The number of nitrogens with zero attached hydrogens (tertiary/aromatic N) is 1. The molecule has 9 heteroatoms. The molecule has 37 heavy (non-hydrogen) atoms. The van der Waals surface area contributed by atoms with Gasteiger partial charge in [0.25, 0.3) is 0 Å². The summed E-state index contributed by atoms with van der Waals surface area (Å²) < 4.78 is 26.8. The van der Waals surface area contributed by atoms with E-state index in [1.54, 1.807) is 18.2 Å². The van der Waals surface area contributed by atoms with Crippen LogP contribution in [0.25, 0.3) is 11.3 Å². The van der Waals surface area contributed by atoms with Crippen molar-refractivity contribution in [3.05, 3.63) is 74.7 Å². The first-order chi connectivity index (χ1) is 17.7. The Bertz CT molecular complexity index is 1340. The molecule has 3 aliphatic rings. The van der Waals surface area contributed by atoms with E-state index in [4.69, 9.17) is 37.6 Å². The molecule has 6 rings (SSSR count). The number of carboxylic acids is 1. The monoisotopic (exact) mass is 545 g/mol. The van der Waals surface area contributed by atoms with Crippen LogP contribution in [0.15, 0.2) is 40.9 Å². The molecule has 0 aliphatic heterocycles. The summed E-state index contributed by atoms with van der Waals surface area (Å²) in [5, 5.41) is 25.7. The summed E-state index contributed by atoms with van der Waals surface area (Å²) in [7, 11) is 0. The van der Waals surface area contributed by atoms with Crippen LogP contribution in [0.2, 0.25) is 10.0 Å². The molecule has 3 aliphatic carbocycles. The molecule has 1 heterocycles. The predicted molar refractivity (Wildman–Crippen MR) is 135 cm³/mol. The summed E-state index contributed by atoms with van der Waals surface area (Å²) in [4.78, 5) is 11.1. The number of carbonyl (C=O) groups is 1. The number of ether oxygens (including phenoxy) is 1. The highest BCUT2D eigenvalue weighted by Crippen LogP contribution is 2.54. The number of aromatic carboxylic acids is 1. The summed E-state index contributed by atoms with van der Waals surface area (Å²) in [6.07, 6.45) is 4.45.